The minimum absolute atomic E-state index is 0.0369. The van der Waals surface area contributed by atoms with Gasteiger partial charge in [-0.15, -0.1) is 23.5 Å². The number of carbonyl (C=O) groups is 2. The molecule has 10 nitrogen and oxygen atoms in total. The highest BCUT2D eigenvalue weighted by molar-refractivity contribution is 8.00. The van der Waals surface area contributed by atoms with Crippen LogP contribution in [0.3, 0.4) is 0 Å². The van der Waals surface area contributed by atoms with Crippen molar-refractivity contribution in [2.75, 3.05) is 38.8 Å². The minimum Gasteiger partial charge on any atom is -0.497 e. The van der Waals surface area contributed by atoms with Crippen LogP contribution in [0.15, 0.2) is 122 Å². The van der Waals surface area contributed by atoms with Crippen LogP contribution in [0.2, 0.25) is 0 Å². The Morgan fingerprint density at radius 1 is 0.577 bits per heavy atom. The van der Waals surface area contributed by atoms with E-state index in [1.165, 1.54) is 0 Å². The first-order chi connectivity index (χ1) is 25.5. The molecule has 0 aliphatic carbocycles. The number of hydrogen-bond acceptors (Lipinski definition) is 8. The number of nitrogens with zero attached hydrogens (tertiary/aromatic N) is 6. The Morgan fingerprint density at radius 3 is 1.33 bits per heavy atom. The van der Waals surface area contributed by atoms with Gasteiger partial charge in [-0.05, 0) is 72.8 Å². The van der Waals surface area contributed by atoms with Gasteiger partial charge in [-0.25, -0.2) is 9.36 Å². The molecule has 4 aromatic carbocycles. The van der Waals surface area contributed by atoms with Gasteiger partial charge in [-0.2, -0.15) is 10.2 Å². The molecule has 0 saturated carbocycles. The molecule has 4 heterocycles. The highest BCUT2D eigenvalue weighted by Crippen LogP contribution is 2.45. The summed E-state index contributed by atoms with van der Waals surface area (Å²) in [6.07, 6.45) is 4.05. The van der Waals surface area contributed by atoms with Gasteiger partial charge < -0.3 is 19.3 Å². The molecule has 2 aliphatic rings. The maximum atomic E-state index is 13.6. The Labute approximate surface area is 310 Å². The number of methoxy groups -OCH3 is 2. The summed E-state index contributed by atoms with van der Waals surface area (Å²) in [7, 11) is 3.29. The second kappa shape index (κ2) is 14.6. The van der Waals surface area contributed by atoms with Crippen molar-refractivity contribution in [3.63, 3.8) is 0 Å². The lowest BCUT2D eigenvalue weighted by Crippen LogP contribution is -2.39. The van der Waals surface area contributed by atoms with Crippen molar-refractivity contribution in [3.05, 3.63) is 133 Å². The van der Waals surface area contributed by atoms with E-state index < -0.39 is 0 Å². The number of aromatic nitrogens is 4. The molecule has 2 aromatic heterocycles. The van der Waals surface area contributed by atoms with Crippen molar-refractivity contribution in [1.29, 1.82) is 0 Å². The molecule has 6 aromatic rings. The highest BCUT2D eigenvalue weighted by atomic mass is 32.2. The van der Waals surface area contributed by atoms with Crippen LogP contribution in [0, 0.1) is 0 Å². The lowest BCUT2D eigenvalue weighted by atomic mass is 10.1. The van der Waals surface area contributed by atoms with Crippen LogP contribution in [0.1, 0.15) is 21.9 Å². The van der Waals surface area contributed by atoms with Gasteiger partial charge in [0.25, 0.3) is 0 Å². The smallest absolute Gasteiger partial charge is 0.233 e. The Morgan fingerprint density at radius 2 is 0.962 bits per heavy atom. The molecule has 0 radical (unpaired) electrons. The molecule has 2 fully saturated rings. The van der Waals surface area contributed by atoms with Crippen molar-refractivity contribution in [2.24, 2.45) is 0 Å². The molecule has 12 heteroatoms. The van der Waals surface area contributed by atoms with Crippen molar-refractivity contribution in [3.8, 4) is 45.4 Å². The number of rotatable bonds is 11. The third-order valence-corrected chi connectivity index (χ3v) is 11.8. The van der Waals surface area contributed by atoms with Crippen molar-refractivity contribution in [1.82, 2.24) is 29.4 Å². The van der Waals surface area contributed by atoms with Crippen LogP contribution in [0.4, 0.5) is 0 Å². The molecule has 2 saturated heterocycles. The SMILES string of the molecule is COc1ccc(-c2nn(-c3ccccc3)cc2[C@H]2SCC(=O)N2CCN2C(=O)CS[C@@H]2c2cn(-c3ccccc3)nc2-c2ccc(OC)cc2)cc1. The summed E-state index contributed by atoms with van der Waals surface area (Å²) >= 11 is 3.17. The van der Waals surface area contributed by atoms with Crippen LogP contribution in [0.25, 0.3) is 33.9 Å². The summed E-state index contributed by atoms with van der Waals surface area (Å²) in [5, 5.41) is 9.50. The lowest BCUT2D eigenvalue weighted by Gasteiger charge is -2.29. The van der Waals surface area contributed by atoms with Crippen LogP contribution >= 0.6 is 23.5 Å². The fourth-order valence-corrected chi connectivity index (χ4v) is 9.07. The Bertz CT molecular complexity index is 2030. The summed E-state index contributed by atoms with van der Waals surface area (Å²) in [5.74, 6) is 2.28. The largest absolute Gasteiger partial charge is 0.497 e. The van der Waals surface area contributed by atoms with Crippen LogP contribution in [-0.4, -0.2) is 80.0 Å². The van der Waals surface area contributed by atoms with Crippen LogP contribution < -0.4 is 9.47 Å². The monoisotopic (exact) mass is 728 g/mol. The van der Waals surface area contributed by atoms with E-state index in [4.69, 9.17) is 19.7 Å². The number of ether oxygens (including phenoxy) is 2. The normalized spacial score (nSPS) is 17.3. The number of carbonyl (C=O) groups excluding carboxylic acids is 2. The van der Waals surface area contributed by atoms with E-state index in [-0.39, 0.29) is 22.6 Å². The molecule has 0 spiro atoms. The van der Waals surface area contributed by atoms with Gasteiger partial charge >= 0.3 is 0 Å². The van der Waals surface area contributed by atoms with E-state index in [9.17, 15) is 9.59 Å². The molecule has 2 aliphatic heterocycles. The zero-order chi connectivity index (χ0) is 35.6. The topological polar surface area (TPSA) is 94.7 Å². The maximum Gasteiger partial charge on any atom is 0.233 e. The molecule has 2 amide bonds. The fourth-order valence-electron chi connectivity index (χ4n) is 6.63. The summed E-state index contributed by atoms with van der Waals surface area (Å²) < 4.78 is 14.6. The average molecular weight is 729 g/mol. The van der Waals surface area contributed by atoms with Crippen molar-refractivity contribution in [2.45, 2.75) is 10.7 Å². The quantitative estimate of drug-likeness (QED) is 0.138. The van der Waals surface area contributed by atoms with Gasteiger partial charge in [-0.3, -0.25) is 9.59 Å². The summed E-state index contributed by atoms with van der Waals surface area (Å²) in [6, 6.07) is 35.6. The molecule has 52 heavy (non-hydrogen) atoms. The van der Waals surface area contributed by atoms with E-state index in [0.29, 0.717) is 24.6 Å². The zero-order valence-corrected chi connectivity index (χ0v) is 30.3. The van der Waals surface area contributed by atoms with Crippen LogP contribution in [-0.2, 0) is 9.59 Å². The van der Waals surface area contributed by atoms with E-state index in [1.807, 2.05) is 141 Å². The number of thioether (sulfide) groups is 2. The fraction of sp³-hybridized carbons (Fsp3) is 0.200. The second-order valence-corrected chi connectivity index (χ2v) is 14.5. The zero-order valence-electron chi connectivity index (χ0n) is 28.7. The molecule has 2 atom stereocenters. The van der Waals surface area contributed by atoms with Gasteiger partial charge in [-0.1, -0.05) is 36.4 Å². The third-order valence-electron chi connectivity index (χ3n) is 9.30. The van der Waals surface area contributed by atoms with Crippen molar-refractivity contribution < 1.29 is 19.1 Å². The molecular formula is C40H36N6O4S2. The predicted octanol–water partition coefficient (Wildman–Crippen LogP) is 7.26. The van der Waals surface area contributed by atoms with E-state index >= 15 is 0 Å². The molecule has 0 unspecified atom stereocenters. The van der Waals surface area contributed by atoms with Gasteiger partial charge in [0.05, 0.1) is 48.5 Å². The number of hydrogen-bond donors (Lipinski definition) is 0. The van der Waals surface area contributed by atoms with E-state index in [0.717, 1.165) is 56.5 Å². The molecule has 262 valence electrons. The predicted molar refractivity (Wildman–Crippen MR) is 205 cm³/mol. The van der Waals surface area contributed by atoms with E-state index in [1.54, 1.807) is 37.7 Å². The first kappa shape index (κ1) is 33.7. The molecule has 0 N–H and O–H groups in total. The van der Waals surface area contributed by atoms with E-state index in [2.05, 4.69) is 0 Å². The van der Waals surface area contributed by atoms with Gasteiger partial charge in [0.1, 0.15) is 22.2 Å². The highest BCUT2D eigenvalue weighted by Gasteiger charge is 2.40. The molecule has 8 rings (SSSR count). The standard InChI is InChI=1S/C40H36N6O4S2/c1-49-31-17-13-27(14-18-31)37-33(23-45(41-37)29-9-5-3-6-10-29)39-43(35(47)25-51-39)21-22-44-36(48)26-52-40(44)34-24-46(30-11-7-4-8-12-30)42-38(34)28-15-19-32(50-2)20-16-28/h3-20,23-24,39-40H,21-22,25-26H2,1-2H3/t39-,40-/m1/s1. The summed E-state index contributed by atoms with van der Waals surface area (Å²) in [5.41, 5.74) is 7.19. The third kappa shape index (κ3) is 6.55. The second-order valence-electron chi connectivity index (χ2n) is 12.4. The molecular weight excluding hydrogens is 693 g/mol. The molecule has 0 bridgehead atoms. The first-order valence-corrected chi connectivity index (χ1v) is 19.0. The van der Waals surface area contributed by atoms with Crippen LogP contribution in [0.5, 0.6) is 11.5 Å². The average Bonchev–Trinajstić information content (AvgIpc) is 4.00. The van der Waals surface area contributed by atoms with Gasteiger partial charge in [0.2, 0.25) is 11.8 Å². The summed E-state index contributed by atoms with van der Waals surface area (Å²) in [4.78, 5) is 31.0. The lowest BCUT2D eigenvalue weighted by molar-refractivity contribution is -0.132. The van der Waals surface area contributed by atoms with Crippen molar-refractivity contribution >= 4 is 35.3 Å². The summed E-state index contributed by atoms with van der Waals surface area (Å²) in [6.45, 7) is 0.755. The van der Waals surface area contributed by atoms with Gasteiger partial charge in [0, 0.05) is 47.7 Å². The number of para-hydroxylation sites is 2. The Hall–Kier alpha value is -5.46. The minimum atomic E-state index is -0.276. The maximum absolute atomic E-state index is 13.6. The number of amides is 2. The first-order valence-electron chi connectivity index (χ1n) is 16.9. The Kier molecular flexibility index (Phi) is 9.48. The number of benzene rings is 4. The van der Waals surface area contributed by atoms with Gasteiger partial charge in [0.15, 0.2) is 0 Å². The Balaban J connectivity index is 1.11.